The molecule has 0 aromatic heterocycles. The minimum absolute atomic E-state index is 0.160. The number of hydrogen-bond donors (Lipinski definition) is 4. The minimum atomic E-state index is -0.442. The minimum Gasteiger partial charge on any atom is -0.508 e. The van der Waals surface area contributed by atoms with Crippen LogP contribution in [0.2, 0.25) is 10.0 Å². The first-order valence-corrected chi connectivity index (χ1v) is 8.68. The Morgan fingerprint density at radius 2 is 1.92 bits per heavy atom. The average Bonchev–Trinajstić information content (AvgIpc) is 3.04. The van der Waals surface area contributed by atoms with Crippen molar-refractivity contribution in [3.05, 3.63) is 57.1 Å². The lowest BCUT2D eigenvalue weighted by Crippen LogP contribution is -2.39. The first kappa shape index (κ1) is 18.0. The summed E-state index contributed by atoms with van der Waals surface area (Å²) in [6, 6.07) is 8.06. The van der Waals surface area contributed by atoms with Crippen molar-refractivity contribution in [3.63, 3.8) is 0 Å². The first-order valence-electron chi connectivity index (χ1n) is 7.92. The van der Waals surface area contributed by atoms with Gasteiger partial charge in [-0.1, -0.05) is 29.3 Å². The lowest BCUT2D eigenvalue weighted by molar-refractivity contribution is -0.117. The molecule has 0 bridgehead atoms. The van der Waals surface area contributed by atoms with Crippen molar-refractivity contribution >= 4 is 34.8 Å². The number of rotatable bonds is 3. The van der Waals surface area contributed by atoms with Crippen LogP contribution in [0.3, 0.4) is 0 Å². The zero-order valence-electron chi connectivity index (χ0n) is 13.9. The Kier molecular flexibility index (Phi) is 5.20. The van der Waals surface area contributed by atoms with E-state index in [9.17, 15) is 9.90 Å². The second-order valence-electron chi connectivity index (χ2n) is 6.24. The van der Waals surface area contributed by atoms with Crippen LogP contribution in [0.4, 0.5) is 5.69 Å². The van der Waals surface area contributed by atoms with E-state index in [2.05, 4.69) is 16.2 Å². The molecule has 2 atom stereocenters. The smallest absolute Gasteiger partial charge is 0.242 e. The van der Waals surface area contributed by atoms with Gasteiger partial charge in [-0.2, -0.15) is 0 Å². The molecule has 25 heavy (non-hydrogen) atoms. The van der Waals surface area contributed by atoms with E-state index in [1.165, 1.54) is 0 Å². The van der Waals surface area contributed by atoms with Gasteiger partial charge in [-0.3, -0.25) is 4.79 Å². The summed E-state index contributed by atoms with van der Waals surface area (Å²) in [5.74, 6) is -0.00833. The zero-order valence-corrected chi connectivity index (χ0v) is 15.4. The lowest BCUT2D eigenvalue weighted by atomic mass is 9.99. The molecule has 4 N–H and O–H groups in total. The number of aromatic hydroxyl groups is 1. The number of aryl methyl sites for hydroxylation is 2. The molecule has 1 aliphatic rings. The van der Waals surface area contributed by atoms with E-state index in [1.54, 1.807) is 24.3 Å². The highest BCUT2D eigenvalue weighted by Crippen LogP contribution is 2.34. The fraction of sp³-hybridized carbons (Fsp3) is 0.278. The number of phenols is 1. The fourth-order valence-electron chi connectivity index (χ4n) is 2.84. The maximum absolute atomic E-state index is 12.5. The van der Waals surface area contributed by atoms with E-state index in [1.807, 2.05) is 19.9 Å². The van der Waals surface area contributed by atoms with Crippen molar-refractivity contribution < 1.29 is 9.90 Å². The Morgan fingerprint density at radius 1 is 1.16 bits per heavy atom. The maximum atomic E-state index is 12.5. The number of amides is 1. The van der Waals surface area contributed by atoms with Gasteiger partial charge in [-0.15, -0.1) is 0 Å². The summed E-state index contributed by atoms with van der Waals surface area (Å²) in [6.07, 6.45) is 0.485. The molecule has 3 rings (SSSR count). The van der Waals surface area contributed by atoms with E-state index >= 15 is 0 Å². The predicted molar refractivity (Wildman–Crippen MR) is 100 cm³/mol. The number of carbonyl (C=O) groups is 1. The predicted octanol–water partition coefficient (Wildman–Crippen LogP) is 3.86. The van der Waals surface area contributed by atoms with Crippen molar-refractivity contribution in [2.75, 3.05) is 5.32 Å². The molecule has 7 heteroatoms. The number of nitrogens with one attached hydrogen (secondary N) is 3. The molecule has 0 saturated carbocycles. The van der Waals surface area contributed by atoms with Crippen molar-refractivity contribution in [2.45, 2.75) is 32.4 Å². The molecule has 1 saturated heterocycles. The molecular formula is C18H19Cl2N3O2. The van der Waals surface area contributed by atoms with Crippen LogP contribution < -0.4 is 16.2 Å². The highest BCUT2D eigenvalue weighted by Gasteiger charge is 2.32. The van der Waals surface area contributed by atoms with Crippen LogP contribution in [-0.2, 0) is 4.79 Å². The van der Waals surface area contributed by atoms with Crippen LogP contribution in [0.1, 0.15) is 29.2 Å². The van der Waals surface area contributed by atoms with E-state index in [0.29, 0.717) is 27.7 Å². The molecule has 1 aliphatic heterocycles. The molecular weight excluding hydrogens is 361 g/mol. The number of benzene rings is 2. The van der Waals surface area contributed by atoms with Crippen LogP contribution in [0.15, 0.2) is 30.3 Å². The summed E-state index contributed by atoms with van der Waals surface area (Å²) in [6.45, 7) is 3.73. The van der Waals surface area contributed by atoms with Gasteiger partial charge in [-0.25, -0.2) is 10.9 Å². The third-order valence-corrected chi connectivity index (χ3v) is 5.00. The molecule has 1 amide bonds. The number of hydrogen-bond acceptors (Lipinski definition) is 4. The van der Waals surface area contributed by atoms with Gasteiger partial charge in [0.2, 0.25) is 5.91 Å². The normalized spacial score (nSPS) is 19.8. The molecule has 132 valence electrons. The van der Waals surface area contributed by atoms with Gasteiger partial charge in [0.05, 0.1) is 6.04 Å². The van der Waals surface area contributed by atoms with E-state index < -0.39 is 6.04 Å². The third kappa shape index (κ3) is 3.90. The second kappa shape index (κ2) is 7.22. The highest BCUT2D eigenvalue weighted by molar-refractivity contribution is 6.31. The van der Waals surface area contributed by atoms with Gasteiger partial charge < -0.3 is 10.4 Å². The molecule has 0 radical (unpaired) electrons. The largest absolute Gasteiger partial charge is 0.508 e. The van der Waals surface area contributed by atoms with E-state index in [4.69, 9.17) is 23.2 Å². The molecule has 0 aliphatic carbocycles. The van der Waals surface area contributed by atoms with Crippen molar-refractivity contribution in [1.82, 2.24) is 10.9 Å². The Hall–Kier alpha value is -1.79. The van der Waals surface area contributed by atoms with Crippen LogP contribution in [-0.4, -0.2) is 17.1 Å². The standard InChI is InChI=1S/C18H19Cl2N3O2/c1-9-3-4-11(19)6-14(9)21-18(25)16-8-15(22-23-16)12-7-13(20)10(2)5-17(12)24/h3-7,15-16,22-24H,8H2,1-2H3,(H,21,25). The first-order chi connectivity index (χ1) is 11.8. The maximum Gasteiger partial charge on any atom is 0.242 e. The Balaban J connectivity index is 1.71. The quantitative estimate of drug-likeness (QED) is 0.653. The molecule has 1 fully saturated rings. The van der Waals surface area contributed by atoms with Gasteiger partial charge in [0, 0.05) is 21.3 Å². The summed E-state index contributed by atoms with van der Waals surface area (Å²) in [5, 5.41) is 14.2. The molecule has 2 aromatic rings. The molecule has 2 unspecified atom stereocenters. The van der Waals surface area contributed by atoms with Crippen molar-refractivity contribution in [2.24, 2.45) is 0 Å². The summed E-state index contributed by atoms with van der Waals surface area (Å²) < 4.78 is 0. The number of halogens is 2. The highest BCUT2D eigenvalue weighted by atomic mass is 35.5. The number of hydrazine groups is 1. The monoisotopic (exact) mass is 379 g/mol. The summed E-state index contributed by atoms with van der Waals surface area (Å²) >= 11 is 12.1. The number of phenolic OH excluding ortho intramolecular Hbond substituents is 1. The lowest BCUT2D eigenvalue weighted by Gasteiger charge is -2.14. The zero-order chi connectivity index (χ0) is 18.1. The van der Waals surface area contributed by atoms with Gasteiger partial charge >= 0.3 is 0 Å². The SMILES string of the molecule is Cc1cc(O)c(C2CC(C(=O)Nc3cc(Cl)ccc3C)NN2)cc1Cl. The number of carbonyl (C=O) groups excluding carboxylic acids is 1. The molecule has 2 aromatic carbocycles. The summed E-state index contributed by atoms with van der Waals surface area (Å²) in [4.78, 5) is 12.5. The van der Waals surface area contributed by atoms with Crippen LogP contribution in [0.5, 0.6) is 5.75 Å². The van der Waals surface area contributed by atoms with Crippen LogP contribution >= 0.6 is 23.2 Å². The van der Waals surface area contributed by atoms with E-state index in [0.717, 1.165) is 11.1 Å². The summed E-state index contributed by atoms with van der Waals surface area (Å²) in [5.41, 5.74) is 9.11. The van der Waals surface area contributed by atoms with E-state index in [-0.39, 0.29) is 17.7 Å². The number of anilines is 1. The summed E-state index contributed by atoms with van der Waals surface area (Å²) in [7, 11) is 0. The molecule has 5 nitrogen and oxygen atoms in total. The van der Waals surface area contributed by atoms with Gasteiger partial charge in [-0.05, 0) is 55.7 Å². The Bertz CT molecular complexity index is 826. The third-order valence-electron chi connectivity index (χ3n) is 4.36. The molecule has 1 heterocycles. The van der Waals surface area contributed by atoms with Crippen LogP contribution in [0.25, 0.3) is 0 Å². The van der Waals surface area contributed by atoms with Crippen molar-refractivity contribution in [3.8, 4) is 5.75 Å². The van der Waals surface area contributed by atoms with Crippen LogP contribution in [0, 0.1) is 13.8 Å². The Morgan fingerprint density at radius 3 is 2.68 bits per heavy atom. The Labute approximate surface area is 156 Å². The topological polar surface area (TPSA) is 73.4 Å². The molecule has 0 spiro atoms. The fourth-order valence-corrected chi connectivity index (χ4v) is 3.19. The van der Waals surface area contributed by atoms with Crippen molar-refractivity contribution in [1.29, 1.82) is 0 Å². The second-order valence-corrected chi connectivity index (χ2v) is 7.08. The van der Waals surface area contributed by atoms with Gasteiger partial charge in [0.1, 0.15) is 11.8 Å². The van der Waals surface area contributed by atoms with Gasteiger partial charge in [0.25, 0.3) is 0 Å². The van der Waals surface area contributed by atoms with Gasteiger partial charge in [0.15, 0.2) is 0 Å². The average molecular weight is 380 g/mol.